The molecule has 2 N–H and O–H groups in total. The smallest absolute Gasteiger partial charge is 0.262 e. The molecule has 2 heterocycles. The fourth-order valence-corrected chi connectivity index (χ4v) is 3.11. The van der Waals surface area contributed by atoms with E-state index >= 15 is 0 Å². The summed E-state index contributed by atoms with van der Waals surface area (Å²) >= 11 is 0. The van der Waals surface area contributed by atoms with Crippen LogP contribution in [-0.4, -0.2) is 30.9 Å². The predicted octanol–water partition coefficient (Wildman–Crippen LogP) is 2.33. The largest absolute Gasteiger partial charge is 0.482 e. The Labute approximate surface area is 156 Å². The maximum absolute atomic E-state index is 12.3. The SMILES string of the molecule is O=C(CCc1ccc2c(c1)NC(=O)CO2)Nc1cccc(N2CCC2=O)c1. The highest BCUT2D eigenvalue weighted by atomic mass is 16.5. The summed E-state index contributed by atoms with van der Waals surface area (Å²) in [5.74, 6) is 0.445. The molecule has 0 saturated carbocycles. The summed E-state index contributed by atoms with van der Waals surface area (Å²) < 4.78 is 5.33. The number of hydrogen-bond donors (Lipinski definition) is 2. The molecule has 1 fully saturated rings. The van der Waals surface area contributed by atoms with E-state index in [1.807, 2.05) is 24.3 Å². The van der Waals surface area contributed by atoms with Crippen LogP contribution in [0.15, 0.2) is 42.5 Å². The van der Waals surface area contributed by atoms with Crippen LogP contribution in [0.3, 0.4) is 0 Å². The fraction of sp³-hybridized carbons (Fsp3) is 0.250. The second-order valence-corrected chi connectivity index (χ2v) is 6.56. The van der Waals surface area contributed by atoms with Crippen molar-refractivity contribution in [2.45, 2.75) is 19.3 Å². The van der Waals surface area contributed by atoms with E-state index in [-0.39, 0.29) is 24.3 Å². The first-order valence-electron chi connectivity index (χ1n) is 8.84. The van der Waals surface area contributed by atoms with E-state index in [2.05, 4.69) is 10.6 Å². The van der Waals surface area contributed by atoms with E-state index in [0.717, 1.165) is 17.8 Å². The number of anilines is 3. The molecule has 2 aromatic rings. The van der Waals surface area contributed by atoms with E-state index in [1.54, 1.807) is 23.1 Å². The molecule has 0 unspecified atom stereocenters. The molecule has 0 spiro atoms. The molecular formula is C20H19N3O4. The number of carbonyl (C=O) groups excluding carboxylic acids is 3. The summed E-state index contributed by atoms with van der Waals surface area (Å²) in [6, 6.07) is 12.8. The molecule has 27 heavy (non-hydrogen) atoms. The number of hydrogen-bond acceptors (Lipinski definition) is 4. The van der Waals surface area contributed by atoms with Crippen LogP contribution in [0.2, 0.25) is 0 Å². The normalized spacial score (nSPS) is 15.3. The van der Waals surface area contributed by atoms with Gasteiger partial charge in [0.1, 0.15) is 5.75 Å². The molecule has 0 radical (unpaired) electrons. The third kappa shape index (κ3) is 3.76. The number of aryl methyl sites for hydroxylation is 1. The van der Waals surface area contributed by atoms with Crippen molar-refractivity contribution in [1.82, 2.24) is 0 Å². The molecule has 0 aliphatic carbocycles. The van der Waals surface area contributed by atoms with Crippen LogP contribution < -0.4 is 20.3 Å². The summed E-state index contributed by atoms with van der Waals surface area (Å²) in [5.41, 5.74) is 3.04. The van der Waals surface area contributed by atoms with Crippen molar-refractivity contribution in [3.63, 3.8) is 0 Å². The second kappa shape index (κ2) is 7.11. The van der Waals surface area contributed by atoms with Gasteiger partial charge in [-0.2, -0.15) is 0 Å². The molecule has 4 rings (SSSR count). The summed E-state index contributed by atoms with van der Waals surface area (Å²) in [6.07, 6.45) is 1.42. The van der Waals surface area contributed by atoms with Gasteiger partial charge in [0.05, 0.1) is 5.69 Å². The predicted molar refractivity (Wildman–Crippen MR) is 101 cm³/mol. The third-order valence-corrected chi connectivity index (χ3v) is 4.61. The van der Waals surface area contributed by atoms with Crippen LogP contribution in [0.5, 0.6) is 5.75 Å². The molecule has 138 valence electrons. The minimum Gasteiger partial charge on any atom is -0.482 e. The minimum atomic E-state index is -0.182. The zero-order valence-electron chi connectivity index (χ0n) is 14.7. The van der Waals surface area contributed by atoms with Gasteiger partial charge in [-0.25, -0.2) is 0 Å². The van der Waals surface area contributed by atoms with Gasteiger partial charge in [0.2, 0.25) is 11.8 Å². The van der Waals surface area contributed by atoms with Gasteiger partial charge in [-0.1, -0.05) is 12.1 Å². The van der Waals surface area contributed by atoms with Crippen molar-refractivity contribution < 1.29 is 19.1 Å². The Morgan fingerprint density at radius 2 is 2.07 bits per heavy atom. The standard InChI is InChI=1S/C20H19N3O4/c24-18(21-14-2-1-3-15(11-14)23-9-8-20(23)26)7-5-13-4-6-17-16(10-13)22-19(25)12-27-17/h1-4,6,10-11H,5,7-9,12H2,(H,21,24)(H,22,25). The summed E-state index contributed by atoms with van der Waals surface area (Å²) in [4.78, 5) is 36.9. The van der Waals surface area contributed by atoms with Crippen molar-refractivity contribution in [1.29, 1.82) is 0 Å². The Kier molecular flexibility index (Phi) is 4.50. The lowest BCUT2D eigenvalue weighted by molar-refractivity contribution is -0.122. The molecule has 7 heteroatoms. The summed E-state index contributed by atoms with van der Waals surface area (Å²) in [5, 5.41) is 5.63. The maximum atomic E-state index is 12.3. The van der Waals surface area contributed by atoms with Crippen LogP contribution in [0, 0.1) is 0 Å². The number of fused-ring (bicyclic) bond motifs is 1. The molecule has 7 nitrogen and oxygen atoms in total. The Bertz CT molecular complexity index is 925. The van der Waals surface area contributed by atoms with Gasteiger partial charge < -0.3 is 20.3 Å². The molecule has 2 aliphatic rings. The number of rotatable bonds is 5. The van der Waals surface area contributed by atoms with Gasteiger partial charge in [0.15, 0.2) is 6.61 Å². The van der Waals surface area contributed by atoms with Gasteiger partial charge >= 0.3 is 0 Å². The quantitative estimate of drug-likeness (QED) is 0.796. The zero-order chi connectivity index (χ0) is 18.8. The molecule has 2 aromatic carbocycles. The van der Waals surface area contributed by atoms with E-state index in [1.165, 1.54) is 0 Å². The Hall–Kier alpha value is -3.35. The number of nitrogens with one attached hydrogen (secondary N) is 2. The average molecular weight is 365 g/mol. The number of β-lactam (4-membered cyclic amide) rings is 1. The average Bonchev–Trinajstić information content (AvgIpc) is 2.65. The lowest BCUT2D eigenvalue weighted by atomic mass is 10.1. The minimum absolute atomic E-state index is 0.0246. The van der Waals surface area contributed by atoms with Crippen molar-refractivity contribution in [3.8, 4) is 5.75 Å². The van der Waals surface area contributed by atoms with Crippen LogP contribution in [0.1, 0.15) is 18.4 Å². The molecule has 0 bridgehead atoms. The van der Waals surface area contributed by atoms with Crippen LogP contribution in [0.25, 0.3) is 0 Å². The number of amides is 3. The number of ether oxygens (including phenoxy) is 1. The van der Waals surface area contributed by atoms with Crippen LogP contribution in [-0.2, 0) is 20.8 Å². The molecule has 0 atom stereocenters. The maximum Gasteiger partial charge on any atom is 0.262 e. The summed E-state index contributed by atoms with van der Waals surface area (Å²) in [7, 11) is 0. The number of benzene rings is 2. The molecule has 0 aromatic heterocycles. The first kappa shape index (κ1) is 17.1. The number of carbonyl (C=O) groups is 3. The molecule has 3 amide bonds. The highest BCUT2D eigenvalue weighted by Gasteiger charge is 2.25. The first-order chi connectivity index (χ1) is 13.1. The van der Waals surface area contributed by atoms with Gasteiger partial charge in [-0.3, -0.25) is 14.4 Å². The van der Waals surface area contributed by atoms with Crippen molar-refractivity contribution in [2.24, 2.45) is 0 Å². The van der Waals surface area contributed by atoms with E-state index < -0.39 is 0 Å². The van der Waals surface area contributed by atoms with Gasteiger partial charge in [0.25, 0.3) is 5.91 Å². The molecular weight excluding hydrogens is 346 g/mol. The zero-order valence-corrected chi connectivity index (χ0v) is 14.7. The Balaban J connectivity index is 1.35. The fourth-order valence-electron chi connectivity index (χ4n) is 3.11. The Morgan fingerprint density at radius 1 is 1.19 bits per heavy atom. The number of nitrogens with zero attached hydrogens (tertiary/aromatic N) is 1. The topological polar surface area (TPSA) is 87.7 Å². The second-order valence-electron chi connectivity index (χ2n) is 6.56. The monoisotopic (exact) mass is 365 g/mol. The lowest BCUT2D eigenvalue weighted by Gasteiger charge is -2.30. The van der Waals surface area contributed by atoms with Gasteiger partial charge in [0, 0.05) is 30.8 Å². The summed E-state index contributed by atoms with van der Waals surface area (Å²) in [6.45, 7) is 0.742. The van der Waals surface area contributed by atoms with E-state index in [4.69, 9.17) is 4.74 Å². The van der Waals surface area contributed by atoms with Gasteiger partial charge in [-0.15, -0.1) is 0 Å². The highest BCUT2D eigenvalue weighted by Crippen LogP contribution is 2.29. The molecule has 1 saturated heterocycles. The van der Waals surface area contributed by atoms with Crippen molar-refractivity contribution >= 4 is 34.8 Å². The Morgan fingerprint density at radius 3 is 2.85 bits per heavy atom. The van der Waals surface area contributed by atoms with Crippen molar-refractivity contribution in [2.75, 3.05) is 28.7 Å². The third-order valence-electron chi connectivity index (χ3n) is 4.61. The van der Waals surface area contributed by atoms with Crippen LogP contribution >= 0.6 is 0 Å². The van der Waals surface area contributed by atoms with E-state index in [0.29, 0.717) is 36.4 Å². The van der Waals surface area contributed by atoms with Crippen molar-refractivity contribution in [3.05, 3.63) is 48.0 Å². The first-order valence-corrected chi connectivity index (χ1v) is 8.84. The lowest BCUT2D eigenvalue weighted by Crippen LogP contribution is -2.43. The highest BCUT2D eigenvalue weighted by molar-refractivity contribution is 6.00. The molecule has 2 aliphatic heterocycles. The van der Waals surface area contributed by atoms with E-state index in [9.17, 15) is 14.4 Å². The van der Waals surface area contributed by atoms with Crippen LogP contribution in [0.4, 0.5) is 17.1 Å². The van der Waals surface area contributed by atoms with Gasteiger partial charge in [-0.05, 0) is 42.3 Å².